The number of rotatable bonds is 0. The van der Waals surface area contributed by atoms with Crippen LogP contribution in [0, 0.1) is 5.92 Å². The van der Waals surface area contributed by atoms with Gasteiger partial charge in [-0.3, -0.25) is 0 Å². The molecular weight excluding hydrogens is 128 g/mol. The third-order valence-corrected chi connectivity index (χ3v) is 3.69. The van der Waals surface area contributed by atoms with Gasteiger partial charge in [-0.25, -0.2) is 0 Å². The third kappa shape index (κ3) is 1.03. The Kier molecular flexibility index (Phi) is 1.54. The van der Waals surface area contributed by atoms with Crippen LogP contribution in [-0.2, 0) is 0 Å². The minimum Gasteiger partial charge on any atom is -0.154 e. The van der Waals surface area contributed by atoms with Gasteiger partial charge in [-0.05, 0) is 18.8 Å². The van der Waals surface area contributed by atoms with Crippen molar-refractivity contribution in [1.82, 2.24) is 0 Å². The van der Waals surface area contributed by atoms with Crippen molar-refractivity contribution in [3.05, 3.63) is 12.2 Å². The molecule has 1 heterocycles. The van der Waals surface area contributed by atoms with Gasteiger partial charge in [0.25, 0.3) is 0 Å². The summed E-state index contributed by atoms with van der Waals surface area (Å²) in [5.74, 6) is 2.21. The predicted octanol–water partition coefficient (Wildman–Crippen LogP) is 2.46. The highest BCUT2D eigenvalue weighted by atomic mass is 32.2. The summed E-state index contributed by atoms with van der Waals surface area (Å²) in [6.07, 6.45) is 9.14. The van der Waals surface area contributed by atoms with Crippen molar-refractivity contribution in [2.75, 3.05) is 5.75 Å². The highest BCUT2D eigenvalue weighted by molar-refractivity contribution is 8.00. The molecule has 50 valence electrons. The first-order valence-electron chi connectivity index (χ1n) is 3.75. The summed E-state index contributed by atoms with van der Waals surface area (Å²) >= 11 is 2.15. The third-order valence-electron chi connectivity index (χ3n) is 2.29. The van der Waals surface area contributed by atoms with Gasteiger partial charge in [0.15, 0.2) is 0 Å². The second-order valence-electron chi connectivity index (χ2n) is 2.89. The first-order chi connectivity index (χ1) is 4.47. The fourth-order valence-corrected chi connectivity index (χ4v) is 3.07. The summed E-state index contributed by atoms with van der Waals surface area (Å²) in [4.78, 5) is 0. The first kappa shape index (κ1) is 5.84. The second kappa shape index (κ2) is 2.37. The molecule has 2 aliphatic rings. The Bertz CT molecular complexity index is 129. The van der Waals surface area contributed by atoms with Crippen molar-refractivity contribution in [1.29, 1.82) is 0 Å². The van der Waals surface area contributed by atoms with Crippen molar-refractivity contribution < 1.29 is 0 Å². The lowest BCUT2D eigenvalue weighted by atomic mass is 10.1. The maximum absolute atomic E-state index is 2.42. The van der Waals surface area contributed by atoms with Gasteiger partial charge in [0.2, 0.25) is 0 Å². The average molecular weight is 140 g/mol. The SMILES string of the molecule is C1=CC2CCCC2SC1. The maximum atomic E-state index is 2.42. The normalized spacial score (nSPS) is 40.9. The molecule has 1 fully saturated rings. The quantitative estimate of drug-likeness (QED) is 0.466. The van der Waals surface area contributed by atoms with E-state index < -0.39 is 0 Å². The van der Waals surface area contributed by atoms with Crippen molar-refractivity contribution >= 4 is 11.8 Å². The molecule has 0 aromatic heterocycles. The molecule has 1 aliphatic heterocycles. The summed E-state index contributed by atoms with van der Waals surface area (Å²) in [5.41, 5.74) is 0. The van der Waals surface area contributed by atoms with E-state index in [2.05, 4.69) is 23.9 Å². The Labute approximate surface area is 60.7 Å². The molecule has 0 N–H and O–H groups in total. The molecule has 9 heavy (non-hydrogen) atoms. The molecule has 0 saturated heterocycles. The molecule has 2 unspecified atom stereocenters. The van der Waals surface area contributed by atoms with Gasteiger partial charge < -0.3 is 0 Å². The standard InChI is InChI=1S/C8H12S/c1-3-7-4-2-6-9-8(7)5-1/h2,4,7-8H,1,3,5-6H2. The predicted molar refractivity (Wildman–Crippen MR) is 42.7 cm³/mol. The minimum atomic E-state index is 0.948. The summed E-state index contributed by atoms with van der Waals surface area (Å²) in [6, 6.07) is 0. The van der Waals surface area contributed by atoms with Crippen LogP contribution in [0.4, 0.5) is 0 Å². The summed E-state index contributed by atoms with van der Waals surface area (Å²) in [6.45, 7) is 0. The zero-order chi connectivity index (χ0) is 6.10. The van der Waals surface area contributed by atoms with E-state index in [4.69, 9.17) is 0 Å². The molecule has 0 nitrogen and oxygen atoms in total. The van der Waals surface area contributed by atoms with Crippen LogP contribution in [0.15, 0.2) is 12.2 Å². The van der Waals surface area contributed by atoms with Crippen LogP contribution < -0.4 is 0 Å². The van der Waals surface area contributed by atoms with Crippen molar-refractivity contribution in [3.8, 4) is 0 Å². The van der Waals surface area contributed by atoms with E-state index in [1.807, 2.05) is 0 Å². The number of allylic oxidation sites excluding steroid dienone is 1. The lowest BCUT2D eigenvalue weighted by molar-refractivity contribution is 0.694. The van der Waals surface area contributed by atoms with Gasteiger partial charge in [-0.2, -0.15) is 11.8 Å². The Hall–Kier alpha value is 0.0900. The molecule has 0 aromatic rings. The highest BCUT2D eigenvalue weighted by Crippen LogP contribution is 2.38. The fourth-order valence-electron chi connectivity index (χ4n) is 1.79. The molecule has 1 saturated carbocycles. The highest BCUT2D eigenvalue weighted by Gasteiger charge is 2.26. The Balaban J connectivity index is 2.10. The van der Waals surface area contributed by atoms with Crippen LogP contribution in [0.5, 0.6) is 0 Å². The summed E-state index contributed by atoms with van der Waals surface area (Å²) in [7, 11) is 0. The zero-order valence-corrected chi connectivity index (χ0v) is 6.36. The van der Waals surface area contributed by atoms with Gasteiger partial charge in [0.05, 0.1) is 0 Å². The fraction of sp³-hybridized carbons (Fsp3) is 0.750. The smallest absolute Gasteiger partial charge is 0.0116 e. The van der Waals surface area contributed by atoms with Gasteiger partial charge in [-0.15, -0.1) is 0 Å². The lowest BCUT2D eigenvalue weighted by Crippen LogP contribution is -2.10. The van der Waals surface area contributed by atoms with Crippen LogP contribution in [0.3, 0.4) is 0 Å². The topological polar surface area (TPSA) is 0 Å². The van der Waals surface area contributed by atoms with Crippen LogP contribution in [-0.4, -0.2) is 11.0 Å². The van der Waals surface area contributed by atoms with E-state index in [0.717, 1.165) is 11.2 Å². The maximum Gasteiger partial charge on any atom is 0.0116 e. The summed E-state index contributed by atoms with van der Waals surface area (Å²) in [5, 5.41) is 0.995. The van der Waals surface area contributed by atoms with Crippen molar-refractivity contribution in [3.63, 3.8) is 0 Å². The minimum absolute atomic E-state index is 0.948. The molecule has 1 aliphatic carbocycles. The number of thioether (sulfide) groups is 1. The molecule has 0 amide bonds. The molecule has 2 atom stereocenters. The van der Waals surface area contributed by atoms with Crippen molar-refractivity contribution in [2.45, 2.75) is 24.5 Å². The van der Waals surface area contributed by atoms with E-state index in [1.165, 1.54) is 25.0 Å². The van der Waals surface area contributed by atoms with Gasteiger partial charge in [0.1, 0.15) is 0 Å². The second-order valence-corrected chi connectivity index (χ2v) is 4.17. The van der Waals surface area contributed by atoms with Crippen LogP contribution >= 0.6 is 11.8 Å². The molecule has 0 bridgehead atoms. The monoisotopic (exact) mass is 140 g/mol. The molecule has 1 heteroatoms. The van der Waals surface area contributed by atoms with Gasteiger partial charge in [0, 0.05) is 11.0 Å². The van der Waals surface area contributed by atoms with Crippen LogP contribution in [0.2, 0.25) is 0 Å². The molecular formula is C8H12S. The lowest BCUT2D eigenvalue weighted by Gasteiger charge is -2.18. The van der Waals surface area contributed by atoms with Crippen LogP contribution in [0.25, 0.3) is 0 Å². The largest absolute Gasteiger partial charge is 0.154 e. The van der Waals surface area contributed by atoms with E-state index in [0.29, 0.717) is 0 Å². The number of hydrogen-bond acceptors (Lipinski definition) is 1. The first-order valence-corrected chi connectivity index (χ1v) is 4.80. The van der Waals surface area contributed by atoms with Gasteiger partial charge in [-0.1, -0.05) is 18.6 Å². The van der Waals surface area contributed by atoms with E-state index in [9.17, 15) is 0 Å². The van der Waals surface area contributed by atoms with Crippen molar-refractivity contribution in [2.24, 2.45) is 5.92 Å². The number of hydrogen-bond donors (Lipinski definition) is 0. The summed E-state index contributed by atoms with van der Waals surface area (Å²) < 4.78 is 0. The molecule has 0 aromatic carbocycles. The molecule has 0 radical (unpaired) electrons. The Morgan fingerprint density at radius 3 is 3.22 bits per heavy atom. The van der Waals surface area contributed by atoms with E-state index in [1.54, 1.807) is 0 Å². The molecule has 0 spiro atoms. The molecule has 2 rings (SSSR count). The van der Waals surface area contributed by atoms with Gasteiger partial charge >= 0.3 is 0 Å². The average Bonchev–Trinajstić information content (AvgIpc) is 2.33. The zero-order valence-electron chi connectivity index (χ0n) is 5.55. The van der Waals surface area contributed by atoms with E-state index in [-0.39, 0.29) is 0 Å². The van der Waals surface area contributed by atoms with Crippen LogP contribution in [0.1, 0.15) is 19.3 Å². The number of fused-ring (bicyclic) bond motifs is 1. The van der Waals surface area contributed by atoms with E-state index >= 15 is 0 Å². The Morgan fingerprint density at radius 1 is 1.33 bits per heavy atom. The Morgan fingerprint density at radius 2 is 2.33 bits per heavy atom.